The molecule has 0 unspecified atom stereocenters. The molecule has 0 amide bonds. The van der Waals surface area contributed by atoms with Crippen molar-refractivity contribution in [3.63, 3.8) is 0 Å². The van der Waals surface area contributed by atoms with E-state index in [4.69, 9.17) is 21.5 Å². The smallest absolute Gasteiger partial charge is 0.312 e. The normalized spacial score (nSPS) is 11.6. The number of ether oxygens (including phenoxy) is 1. The Morgan fingerprint density at radius 3 is 2.33 bits per heavy atom. The minimum atomic E-state index is -4.58. The van der Waals surface area contributed by atoms with Crippen LogP contribution in [0.5, 0.6) is 5.75 Å². The van der Waals surface area contributed by atoms with E-state index in [0.29, 0.717) is 11.4 Å². The van der Waals surface area contributed by atoms with Crippen LogP contribution in [0.1, 0.15) is 0 Å². The molecule has 3 rings (SSSR count). The van der Waals surface area contributed by atoms with Crippen molar-refractivity contribution in [2.45, 2.75) is 4.90 Å². The summed E-state index contributed by atoms with van der Waals surface area (Å²) >= 11 is 6.88. The van der Waals surface area contributed by atoms with Gasteiger partial charge in [0, 0.05) is 10.9 Å². The average Bonchev–Trinajstić information content (AvgIpc) is 2.94. The molecule has 0 atom stereocenters. The molecule has 1 aromatic heterocycles. The SMILES string of the molecule is COc1ccc(-n2c(-c3cc(F)c(S(N)(=O)=O)c(F)c3)csc2=O)cc1Cl. The van der Waals surface area contributed by atoms with Crippen LogP contribution in [0.4, 0.5) is 8.78 Å². The highest BCUT2D eigenvalue weighted by molar-refractivity contribution is 7.89. The van der Waals surface area contributed by atoms with E-state index in [9.17, 15) is 22.0 Å². The second kappa shape index (κ2) is 7.04. The quantitative estimate of drug-likeness (QED) is 0.685. The molecule has 0 fully saturated rings. The topological polar surface area (TPSA) is 91.4 Å². The lowest BCUT2D eigenvalue weighted by Crippen LogP contribution is -2.17. The molecule has 0 saturated heterocycles. The number of nitrogens with zero attached hydrogens (tertiary/aromatic N) is 1. The molecule has 3 aromatic rings. The molecule has 0 bridgehead atoms. The van der Waals surface area contributed by atoms with Gasteiger partial charge in [-0.2, -0.15) is 0 Å². The highest BCUT2D eigenvalue weighted by atomic mass is 35.5. The zero-order valence-electron chi connectivity index (χ0n) is 13.6. The van der Waals surface area contributed by atoms with Gasteiger partial charge in [0.05, 0.1) is 23.5 Å². The Bertz CT molecular complexity index is 1180. The number of aromatic nitrogens is 1. The second-order valence-corrected chi connectivity index (χ2v) is 8.08. The number of methoxy groups -OCH3 is 1. The third kappa shape index (κ3) is 3.61. The number of hydrogen-bond acceptors (Lipinski definition) is 5. The number of halogens is 3. The van der Waals surface area contributed by atoms with E-state index in [1.54, 1.807) is 6.07 Å². The highest BCUT2D eigenvalue weighted by Gasteiger charge is 2.23. The van der Waals surface area contributed by atoms with Crippen molar-refractivity contribution in [3.8, 4) is 22.7 Å². The molecule has 2 N–H and O–H groups in total. The van der Waals surface area contributed by atoms with Crippen LogP contribution in [0.2, 0.25) is 5.02 Å². The molecular formula is C16H11ClF2N2O4S2. The number of benzene rings is 2. The van der Waals surface area contributed by atoms with E-state index >= 15 is 0 Å². The van der Waals surface area contributed by atoms with Crippen LogP contribution in [0.3, 0.4) is 0 Å². The molecule has 0 aliphatic carbocycles. The molecule has 142 valence electrons. The predicted octanol–water partition coefficient (Wildman–Crippen LogP) is 3.15. The van der Waals surface area contributed by atoms with Gasteiger partial charge in [-0.25, -0.2) is 22.3 Å². The van der Waals surface area contributed by atoms with Gasteiger partial charge in [-0.1, -0.05) is 22.9 Å². The largest absolute Gasteiger partial charge is 0.495 e. The molecule has 0 aliphatic rings. The summed E-state index contributed by atoms with van der Waals surface area (Å²) < 4.78 is 57.3. The van der Waals surface area contributed by atoms with Crippen molar-refractivity contribution in [1.29, 1.82) is 0 Å². The number of rotatable bonds is 4. The van der Waals surface area contributed by atoms with Crippen molar-refractivity contribution in [2.75, 3.05) is 7.11 Å². The van der Waals surface area contributed by atoms with Gasteiger partial charge in [0.25, 0.3) is 0 Å². The summed E-state index contributed by atoms with van der Waals surface area (Å²) in [5.74, 6) is -2.32. The Balaban J connectivity index is 2.22. The molecule has 1 heterocycles. The Morgan fingerprint density at radius 1 is 1.19 bits per heavy atom. The lowest BCUT2D eigenvalue weighted by molar-refractivity contribution is 0.415. The third-order valence-corrected chi connectivity index (χ3v) is 5.65. The minimum Gasteiger partial charge on any atom is -0.495 e. The Morgan fingerprint density at radius 2 is 1.81 bits per heavy atom. The summed E-state index contributed by atoms with van der Waals surface area (Å²) in [4.78, 5) is 10.6. The van der Waals surface area contributed by atoms with Gasteiger partial charge in [-0.05, 0) is 30.3 Å². The maximum Gasteiger partial charge on any atom is 0.312 e. The number of primary sulfonamides is 1. The van der Waals surface area contributed by atoms with E-state index in [-0.39, 0.29) is 16.3 Å². The second-order valence-electron chi connectivity index (χ2n) is 5.36. The third-order valence-electron chi connectivity index (χ3n) is 3.67. The van der Waals surface area contributed by atoms with Gasteiger partial charge >= 0.3 is 4.87 Å². The summed E-state index contributed by atoms with van der Waals surface area (Å²) in [7, 11) is -3.15. The molecule has 0 spiro atoms. The van der Waals surface area contributed by atoms with Crippen LogP contribution in [0.25, 0.3) is 16.9 Å². The molecular weight excluding hydrogens is 422 g/mol. The Kier molecular flexibility index (Phi) is 5.08. The molecule has 2 aromatic carbocycles. The van der Waals surface area contributed by atoms with Gasteiger partial charge < -0.3 is 4.74 Å². The number of sulfonamides is 1. The van der Waals surface area contributed by atoms with E-state index in [2.05, 4.69) is 0 Å². The van der Waals surface area contributed by atoms with Crippen molar-refractivity contribution in [1.82, 2.24) is 4.57 Å². The molecule has 0 aliphatic heterocycles. The van der Waals surface area contributed by atoms with Gasteiger partial charge in [0.1, 0.15) is 17.4 Å². The monoisotopic (exact) mass is 432 g/mol. The fraction of sp³-hybridized carbons (Fsp3) is 0.0625. The van der Waals surface area contributed by atoms with Crippen LogP contribution in [0.15, 0.2) is 45.4 Å². The molecule has 0 radical (unpaired) electrons. The summed E-state index contributed by atoms with van der Waals surface area (Å²) in [6.07, 6.45) is 0. The van der Waals surface area contributed by atoms with Gasteiger partial charge in [-0.15, -0.1) is 0 Å². The average molecular weight is 433 g/mol. The zero-order valence-corrected chi connectivity index (χ0v) is 16.0. The fourth-order valence-corrected chi connectivity index (χ4v) is 4.20. The first-order valence-corrected chi connectivity index (χ1v) is 10.0. The van der Waals surface area contributed by atoms with E-state index in [0.717, 1.165) is 23.5 Å². The van der Waals surface area contributed by atoms with Crippen molar-refractivity contribution in [2.24, 2.45) is 5.14 Å². The molecule has 6 nitrogen and oxygen atoms in total. The first kappa shape index (κ1) is 19.5. The predicted molar refractivity (Wildman–Crippen MR) is 98.2 cm³/mol. The lowest BCUT2D eigenvalue weighted by Gasteiger charge is -2.11. The van der Waals surface area contributed by atoms with Gasteiger partial charge in [-0.3, -0.25) is 9.36 Å². The molecule has 0 saturated carbocycles. The van der Waals surface area contributed by atoms with E-state index in [1.807, 2.05) is 0 Å². The summed E-state index contributed by atoms with van der Waals surface area (Å²) in [6.45, 7) is 0. The Hall–Kier alpha value is -2.27. The van der Waals surface area contributed by atoms with Crippen molar-refractivity contribution >= 4 is 33.0 Å². The first-order valence-electron chi connectivity index (χ1n) is 7.20. The van der Waals surface area contributed by atoms with E-state index in [1.165, 1.54) is 29.2 Å². The van der Waals surface area contributed by atoms with Crippen LogP contribution < -0.4 is 14.7 Å². The highest BCUT2D eigenvalue weighted by Crippen LogP contribution is 2.31. The maximum absolute atomic E-state index is 14.2. The standard InChI is InChI=1S/C16H11ClF2N2O4S2/c1-25-14-3-2-9(6-10(14)17)21-13(7-26-16(21)22)8-4-11(18)15(12(19)5-8)27(20,23)24/h2-7H,1H3,(H2,20,23,24). The minimum absolute atomic E-state index is 0.0392. The number of nitrogens with two attached hydrogens (primary N) is 1. The van der Waals surface area contributed by atoms with Crippen LogP contribution >= 0.6 is 22.9 Å². The summed E-state index contributed by atoms with van der Waals surface area (Å²) in [5.41, 5.74) is 0.464. The van der Waals surface area contributed by atoms with Crippen LogP contribution in [-0.2, 0) is 10.0 Å². The van der Waals surface area contributed by atoms with Gasteiger partial charge in [0.15, 0.2) is 4.90 Å². The first-order chi connectivity index (χ1) is 12.6. The van der Waals surface area contributed by atoms with Crippen molar-refractivity contribution in [3.05, 3.63) is 62.0 Å². The molecule has 11 heteroatoms. The summed E-state index contributed by atoms with van der Waals surface area (Å²) in [6, 6.07) is 6.14. The lowest BCUT2D eigenvalue weighted by atomic mass is 10.1. The zero-order chi connectivity index (χ0) is 19.9. The van der Waals surface area contributed by atoms with Crippen molar-refractivity contribution < 1.29 is 21.9 Å². The van der Waals surface area contributed by atoms with Crippen LogP contribution in [-0.4, -0.2) is 20.1 Å². The Labute approximate surface area is 161 Å². The fourth-order valence-electron chi connectivity index (χ4n) is 2.53. The van der Waals surface area contributed by atoms with Gasteiger partial charge in [0.2, 0.25) is 10.0 Å². The number of thiazole rings is 1. The van der Waals surface area contributed by atoms with Crippen LogP contribution in [0, 0.1) is 11.6 Å². The van der Waals surface area contributed by atoms with E-state index < -0.39 is 31.4 Å². The summed E-state index contributed by atoms with van der Waals surface area (Å²) in [5, 5.41) is 6.46. The molecule has 27 heavy (non-hydrogen) atoms. The maximum atomic E-state index is 14.2. The number of hydrogen-bond donors (Lipinski definition) is 1.